The first kappa shape index (κ1) is 11.2. The SMILES string of the molecule is Cc1ccc(S(=O)(=O)Nc2ccsc2)cc1. The monoisotopic (exact) mass is 253 g/mol. The fraction of sp³-hybridized carbons (Fsp3) is 0.0909. The van der Waals surface area contributed by atoms with Gasteiger partial charge in [-0.25, -0.2) is 8.42 Å². The van der Waals surface area contributed by atoms with Crippen LogP contribution in [0.3, 0.4) is 0 Å². The lowest BCUT2D eigenvalue weighted by atomic mass is 10.2. The third-order valence-corrected chi connectivity index (χ3v) is 4.19. The lowest BCUT2D eigenvalue weighted by molar-refractivity contribution is 0.601. The van der Waals surface area contributed by atoms with E-state index in [4.69, 9.17) is 0 Å². The van der Waals surface area contributed by atoms with Gasteiger partial charge in [-0.3, -0.25) is 4.72 Å². The summed E-state index contributed by atoms with van der Waals surface area (Å²) in [6.45, 7) is 1.92. The molecule has 3 nitrogen and oxygen atoms in total. The average Bonchev–Trinajstić information content (AvgIpc) is 2.70. The summed E-state index contributed by atoms with van der Waals surface area (Å²) in [7, 11) is -3.44. The van der Waals surface area contributed by atoms with Crippen molar-refractivity contribution in [3.8, 4) is 0 Å². The van der Waals surface area contributed by atoms with Crippen LogP contribution in [0, 0.1) is 6.92 Å². The third-order valence-electron chi connectivity index (χ3n) is 2.10. The quantitative estimate of drug-likeness (QED) is 0.914. The maximum Gasteiger partial charge on any atom is 0.261 e. The van der Waals surface area contributed by atoms with E-state index in [1.807, 2.05) is 12.3 Å². The van der Waals surface area contributed by atoms with Gasteiger partial charge in [-0.05, 0) is 30.5 Å². The van der Waals surface area contributed by atoms with Crippen molar-refractivity contribution in [3.05, 3.63) is 46.7 Å². The number of aryl methyl sites for hydroxylation is 1. The average molecular weight is 253 g/mol. The number of hydrogen-bond acceptors (Lipinski definition) is 3. The summed E-state index contributed by atoms with van der Waals surface area (Å²) in [6.07, 6.45) is 0. The van der Waals surface area contributed by atoms with Crippen LogP contribution in [0.1, 0.15) is 5.56 Å². The van der Waals surface area contributed by atoms with Gasteiger partial charge in [-0.15, -0.1) is 0 Å². The van der Waals surface area contributed by atoms with Crippen molar-refractivity contribution in [2.45, 2.75) is 11.8 Å². The zero-order valence-corrected chi connectivity index (χ0v) is 10.3. The van der Waals surface area contributed by atoms with Crippen molar-refractivity contribution < 1.29 is 8.42 Å². The molecule has 0 saturated carbocycles. The standard InChI is InChI=1S/C11H11NO2S2/c1-9-2-4-11(5-3-9)16(13,14)12-10-6-7-15-8-10/h2-8,12H,1H3. The van der Waals surface area contributed by atoms with Crippen LogP contribution in [0.15, 0.2) is 46.0 Å². The minimum absolute atomic E-state index is 0.282. The molecule has 0 atom stereocenters. The van der Waals surface area contributed by atoms with E-state index >= 15 is 0 Å². The predicted molar refractivity (Wildman–Crippen MR) is 66.3 cm³/mol. The van der Waals surface area contributed by atoms with Crippen LogP contribution in [0.2, 0.25) is 0 Å². The highest BCUT2D eigenvalue weighted by atomic mass is 32.2. The maximum atomic E-state index is 11.9. The molecule has 0 fully saturated rings. The molecule has 5 heteroatoms. The minimum Gasteiger partial charge on any atom is -0.279 e. The molecule has 0 unspecified atom stereocenters. The fourth-order valence-electron chi connectivity index (χ4n) is 1.25. The Morgan fingerprint density at radius 2 is 1.81 bits per heavy atom. The van der Waals surface area contributed by atoms with E-state index in [1.54, 1.807) is 35.7 Å². The van der Waals surface area contributed by atoms with Crippen molar-refractivity contribution in [1.82, 2.24) is 0 Å². The highest BCUT2D eigenvalue weighted by Gasteiger charge is 2.13. The number of hydrogen-bond donors (Lipinski definition) is 1. The number of benzene rings is 1. The van der Waals surface area contributed by atoms with E-state index < -0.39 is 10.0 Å². The second-order valence-electron chi connectivity index (χ2n) is 3.43. The Hall–Kier alpha value is -1.33. The number of rotatable bonds is 3. The van der Waals surface area contributed by atoms with Gasteiger partial charge in [0.15, 0.2) is 0 Å². The Labute approximate surface area is 98.8 Å². The predicted octanol–water partition coefficient (Wildman–Crippen LogP) is 2.86. The van der Waals surface area contributed by atoms with Crippen LogP contribution in [-0.2, 0) is 10.0 Å². The smallest absolute Gasteiger partial charge is 0.261 e. The summed E-state index contributed by atoms with van der Waals surface area (Å²) in [5.74, 6) is 0. The molecule has 1 aromatic heterocycles. The molecular formula is C11H11NO2S2. The first-order chi connectivity index (χ1) is 7.58. The summed E-state index contributed by atoms with van der Waals surface area (Å²) in [5.41, 5.74) is 1.64. The van der Waals surface area contributed by atoms with Crippen LogP contribution >= 0.6 is 11.3 Å². The molecule has 0 spiro atoms. The van der Waals surface area contributed by atoms with Crippen LogP contribution in [0.4, 0.5) is 5.69 Å². The second-order valence-corrected chi connectivity index (χ2v) is 5.89. The van der Waals surface area contributed by atoms with Crippen LogP contribution in [-0.4, -0.2) is 8.42 Å². The summed E-state index contributed by atoms with van der Waals surface area (Å²) < 4.78 is 26.3. The van der Waals surface area contributed by atoms with Crippen molar-refractivity contribution in [3.63, 3.8) is 0 Å². The molecule has 16 heavy (non-hydrogen) atoms. The molecule has 2 rings (SSSR count). The number of sulfonamides is 1. The van der Waals surface area contributed by atoms with Crippen LogP contribution < -0.4 is 4.72 Å². The summed E-state index contributed by atoms with van der Waals surface area (Å²) in [6, 6.07) is 8.49. The van der Waals surface area contributed by atoms with Gasteiger partial charge in [0.05, 0.1) is 10.6 Å². The fourth-order valence-corrected chi connectivity index (χ4v) is 2.97. The third kappa shape index (κ3) is 2.43. The lowest BCUT2D eigenvalue weighted by Crippen LogP contribution is -2.12. The van der Waals surface area contributed by atoms with E-state index in [0.29, 0.717) is 5.69 Å². The van der Waals surface area contributed by atoms with Gasteiger partial charge in [0.25, 0.3) is 10.0 Å². The largest absolute Gasteiger partial charge is 0.279 e. The van der Waals surface area contributed by atoms with Crippen molar-refractivity contribution in [1.29, 1.82) is 0 Å². The summed E-state index contributed by atoms with van der Waals surface area (Å²) in [4.78, 5) is 0.282. The highest BCUT2D eigenvalue weighted by Crippen LogP contribution is 2.18. The van der Waals surface area contributed by atoms with Gasteiger partial charge in [-0.2, -0.15) is 11.3 Å². The molecule has 2 aromatic rings. The molecule has 0 aliphatic carbocycles. The van der Waals surface area contributed by atoms with E-state index in [9.17, 15) is 8.42 Å². The van der Waals surface area contributed by atoms with E-state index in [-0.39, 0.29) is 4.90 Å². The maximum absolute atomic E-state index is 11.9. The Kier molecular flexibility index (Phi) is 2.98. The van der Waals surface area contributed by atoms with E-state index in [1.165, 1.54) is 11.3 Å². The molecule has 0 bridgehead atoms. The molecule has 84 valence electrons. The molecule has 0 amide bonds. The second kappa shape index (κ2) is 4.27. The zero-order valence-electron chi connectivity index (χ0n) is 8.67. The summed E-state index contributed by atoms with van der Waals surface area (Å²) >= 11 is 1.45. The molecule has 0 aliphatic rings. The van der Waals surface area contributed by atoms with Gasteiger partial charge in [-0.1, -0.05) is 17.7 Å². The first-order valence-corrected chi connectivity index (χ1v) is 7.12. The summed E-state index contributed by atoms with van der Waals surface area (Å²) in [5, 5.41) is 3.58. The number of nitrogens with one attached hydrogen (secondary N) is 1. The topological polar surface area (TPSA) is 46.2 Å². The minimum atomic E-state index is -3.44. The molecule has 1 aromatic carbocycles. The van der Waals surface area contributed by atoms with E-state index in [2.05, 4.69) is 4.72 Å². The zero-order chi connectivity index (χ0) is 11.6. The Balaban J connectivity index is 2.29. The van der Waals surface area contributed by atoms with Gasteiger partial charge < -0.3 is 0 Å². The number of thiophene rings is 1. The van der Waals surface area contributed by atoms with Crippen molar-refractivity contribution in [2.75, 3.05) is 4.72 Å². The molecule has 0 saturated heterocycles. The van der Waals surface area contributed by atoms with E-state index in [0.717, 1.165) is 5.56 Å². The lowest BCUT2D eigenvalue weighted by Gasteiger charge is -2.06. The molecule has 0 radical (unpaired) electrons. The Morgan fingerprint density at radius 3 is 2.38 bits per heavy atom. The van der Waals surface area contributed by atoms with Crippen LogP contribution in [0.5, 0.6) is 0 Å². The van der Waals surface area contributed by atoms with Crippen molar-refractivity contribution in [2.24, 2.45) is 0 Å². The van der Waals surface area contributed by atoms with Gasteiger partial charge in [0.2, 0.25) is 0 Å². The normalized spacial score (nSPS) is 11.3. The molecular weight excluding hydrogens is 242 g/mol. The number of anilines is 1. The molecule has 0 aliphatic heterocycles. The van der Waals surface area contributed by atoms with Crippen LogP contribution in [0.25, 0.3) is 0 Å². The highest BCUT2D eigenvalue weighted by molar-refractivity contribution is 7.92. The Morgan fingerprint density at radius 1 is 1.12 bits per heavy atom. The molecule has 1 N–H and O–H groups in total. The van der Waals surface area contributed by atoms with Crippen molar-refractivity contribution >= 4 is 27.0 Å². The van der Waals surface area contributed by atoms with Gasteiger partial charge in [0, 0.05) is 5.38 Å². The molecule has 1 heterocycles. The first-order valence-electron chi connectivity index (χ1n) is 4.70. The van der Waals surface area contributed by atoms with Gasteiger partial charge in [0.1, 0.15) is 0 Å². The Bertz CT molecular complexity index is 557. The van der Waals surface area contributed by atoms with Gasteiger partial charge >= 0.3 is 0 Å².